The van der Waals surface area contributed by atoms with Gasteiger partial charge in [-0.25, -0.2) is 8.78 Å². The van der Waals surface area contributed by atoms with Gasteiger partial charge in [0.1, 0.15) is 17.7 Å². The smallest absolute Gasteiger partial charge is 0.254 e. The topological polar surface area (TPSA) is 98.7 Å². The first kappa shape index (κ1) is 30.2. The van der Waals surface area contributed by atoms with Gasteiger partial charge >= 0.3 is 0 Å². The number of carbonyl (C=O) groups excluding carboxylic acids is 3. The fourth-order valence-corrected chi connectivity index (χ4v) is 6.01. The van der Waals surface area contributed by atoms with Crippen LogP contribution in [0.3, 0.4) is 0 Å². The first-order chi connectivity index (χ1) is 19.5. The van der Waals surface area contributed by atoms with Crippen molar-refractivity contribution in [2.45, 2.75) is 56.7 Å². The van der Waals surface area contributed by atoms with E-state index in [0.717, 1.165) is 29.3 Å². The summed E-state index contributed by atoms with van der Waals surface area (Å²) in [7, 11) is 0. The second kappa shape index (κ2) is 12.8. The summed E-state index contributed by atoms with van der Waals surface area (Å²) in [4.78, 5) is 41.5. The molecule has 3 unspecified atom stereocenters. The van der Waals surface area contributed by atoms with Gasteiger partial charge in [-0.1, -0.05) is 54.6 Å². The maximum absolute atomic E-state index is 14.3. The van der Waals surface area contributed by atoms with Gasteiger partial charge in [-0.15, -0.1) is 11.8 Å². The van der Waals surface area contributed by atoms with Crippen LogP contribution in [-0.2, 0) is 22.6 Å². The van der Waals surface area contributed by atoms with Crippen LogP contribution in [0.5, 0.6) is 0 Å². The average Bonchev–Trinajstić information content (AvgIpc) is 3.27. The molecule has 1 aliphatic rings. The van der Waals surface area contributed by atoms with Gasteiger partial charge < -0.3 is 20.6 Å². The van der Waals surface area contributed by atoms with Gasteiger partial charge in [-0.05, 0) is 62.1 Å². The number of carbonyl (C=O) groups is 3. The van der Waals surface area contributed by atoms with E-state index >= 15 is 0 Å². The normalized spacial score (nSPS) is 17.5. The summed E-state index contributed by atoms with van der Waals surface area (Å²) in [5, 5.41) is 16.8. The third kappa shape index (κ3) is 7.12. The number of hydrogen-bond donors (Lipinski definition) is 3. The Hall–Kier alpha value is -3.76. The van der Waals surface area contributed by atoms with Gasteiger partial charge in [-0.2, -0.15) is 0 Å². The molecule has 0 bridgehead atoms. The molecule has 0 saturated carbocycles. The van der Waals surface area contributed by atoms with Crippen molar-refractivity contribution >= 4 is 29.5 Å². The molecular weight excluding hydrogens is 548 g/mol. The molecule has 7 nitrogen and oxygen atoms in total. The molecule has 0 spiro atoms. The van der Waals surface area contributed by atoms with Gasteiger partial charge in [0.15, 0.2) is 6.10 Å². The Bertz CT molecular complexity index is 1420. The number of halogens is 2. The maximum Gasteiger partial charge on any atom is 0.254 e. The van der Waals surface area contributed by atoms with Crippen molar-refractivity contribution in [3.05, 3.63) is 107 Å². The summed E-state index contributed by atoms with van der Waals surface area (Å²) >= 11 is 1.40. The Balaban J connectivity index is 1.56. The Kier molecular flexibility index (Phi) is 9.45. The van der Waals surface area contributed by atoms with Crippen molar-refractivity contribution in [2.75, 3.05) is 5.88 Å². The first-order valence-electron chi connectivity index (χ1n) is 13.2. The zero-order valence-corrected chi connectivity index (χ0v) is 23.9. The van der Waals surface area contributed by atoms with Crippen molar-refractivity contribution in [1.82, 2.24) is 15.5 Å². The molecule has 1 fully saturated rings. The standard InChI is InChI=1S/C31H33F2N3O4S/c1-19-9-7-8-12-21(19)17-34-29(39)27-31(2,3)41-18-36(27)30(40)26(37)25(15-20-10-5-4-6-11-20)35-28(38)23-16-22(32)13-14-24(23)33/h4-14,16,25-27,37H,15,17-18H2,1-3H3,(H,34,39)(H,35,38). The molecule has 216 valence electrons. The molecule has 3 amide bonds. The molecule has 3 atom stereocenters. The zero-order chi connectivity index (χ0) is 29.7. The number of benzene rings is 3. The number of aliphatic hydroxyl groups is 1. The van der Waals surface area contributed by atoms with Crippen LogP contribution in [0.4, 0.5) is 8.78 Å². The number of aliphatic hydroxyl groups excluding tert-OH is 1. The van der Waals surface area contributed by atoms with Crippen molar-refractivity contribution in [3.63, 3.8) is 0 Å². The summed E-state index contributed by atoms with van der Waals surface area (Å²) < 4.78 is 27.4. The van der Waals surface area contributed by atoms with E-state index in [1.54, 1.807) is 30.3 Å². The number of hydrogen-bond acceptors (Lipinski definition) is 5. The second-order valence-corrected chi connectivity index (χ2v) is 12.2. The van der Waals surface area contributed by atoms with Crippen molar-refractivity contribution in [3.8, 4) is 0 Å². The molecule has 1 aliphatic heterocycles. The van der Waals surface area contributed by atoms with Gasteiger partial charge in [0.2, 0.25) is 5.91 Å². The van der Waals surface area contributed by atoms with Crippen LogP contribution >= 0.6 is 11.8 Å². The number of aryl methyl sites for hydroxylation is 1. The minimum atomic E-state index is -1.77. The molecule has 3 aromatic carbocycles. The van der Waals surface area contributed by atoms with Gasteiger partial charge in [0.25, 0.3) is 11.8 Å². The lowest BCUT2D eigenvalue weighted by molar-refractivity contribution is -0.147. The second-order valence-electron chi connectivity index (χ2n) is 10.6. The number of thioether (sulfide) groups is 1. The molecule has 1 saturated heterocycles. The lowest BCUT2D eigenvalue weighted by Crippen LogP contribution is -2.58. The molecular formula is C31H33F2N3O4S. The maximum atomic E-state index is 14.3. The quantitative estimate of drug-likeness (QED) is 0.355. The van der Waals surface area contributed by atoms with Gasteiger partial charge in [0.05, 0.1) is 17.5 Å². The van der Waals surface area contributed by atoms with E-state index in [0.29, 0.717) is 5.56 Å². The molecule has 0 radical (unpaired) electrons. The van der Waals surface area contributed by atoms with Crippen molar-refractivity contribution in [2.24, 2.45) is 0 Å². The SMILES string of the molecule is Cc1ccccc1CNC(=O)C1N(C(=O)C(O)C(Cc2ccccc2)NC(=O)c2cc(F)ccc2F)CSC1(C)C. The largest absolute Gasteiger partial charge is 0.381 e. The predicted molar refractivity (Wildman–Crippen MR) is 154 cm³/mol. The molecule has 41 heavy (non-hydrogen) atoms. The predicted octanol–water partition coefficient (Wildman–Crippen LogP) is 3.97. The fraction of sp³-hybridized carbons (Fsp3) is 0.323. The van der Waals surface area contributed by atoms with Crippen LogP contribution in [0.2, 0.25) is 0 Å². The van der Waals surface area contributed by atoms with Crippen LogP contribution in [0.1, 0.15) is 40.9 Å². The minimum Gasteiger partial charge on any atom is -0.381 e. The minimum absolute atomic E-state index is 0.0327. The highest BCUT2D eigenvalue weighted by Crippen LogP contribution is 2.40. The first-order valence-corrected chi connectivity index (χ1v) is 14.2. The Morgan fingerprint density at radius 2 is 1.73 bits per heavy atom. The van der Waals surface area contributed by atoms with E-state index in [2.05, 4.69) is 10.6 Å². The van der Waals surface area contributed by atoms with E-state index in [9.17, 15) is 28.3 Å². The van der Waals surface area contributed by atoms with Crippen LogP contribution in [0, 0.1) is 18.6 Å². The van der Waals surface area contributed by atoms with E-state index in [4.69, 9.17) is 0 Å². The molecule has 1 heterocycles. The highest BCUT2D eigenvalue weighted by atomic mass is 32.2. The molecule has 0 aromatic heterocycles. The third-order valence-corrected chi connectivity index (χ3v) is 8.59. The lowest BCUT2D eigenvalue weighted by atomic mass is 9.96. The number of amides is 3. The highest BCUT2D eigenvalue weighted by molar-refractivity contribution is 8.00. The third-order valence-electron chi connectivity index (χ3n) is 7.21. The number of nitrogens with one attached hydrogen (secondary N) is 2. The van der Waals surface area contributed by atoms with Crippen LogP contribution in [0.15, 0.2) is 72.8 Å². The number of rotatable bonds is 9. The summed E-state index contributed by atoms with van der Waals surface area (Å²) in [5.74, 6) is -3.68. The average molecular weight is 582 g/mol. The van der Waals surface area contributed by atoms with Crippen molar-refractivity contribution in [1.29, 1.82) is 0 Å². The van der Waals surface area contributed by atoms with E-state index in [-0.39, 0.29) is 24.7 Å². The van der Waals surface area contributed by atoms with Crippen molar-refractivity contribution < 1.29 is 28.3 Å². The molecule has 10 heteroatoms. The van der Waals surface area contributed by atoms with Crippen LogP contribution < -0.4 is 10.6 Å². The van der Waals surface area contributed by atoms with Gasteiger partial charge in [0, 0.05) is 11.3 Å². The molecule has 3 aromatic rings. The summed E-state index contributed by atoms with van der Waals surface area (Å²) in [5.41, 5.74) is 2.12. The summed E-state index contributed by atoms with van der Waals surface area (Å²) in [6.45, 7) is 5.93. The van der Waals surface area contributed by atoms with Crippen LogP contribution in [-0.4, -0.2) is 56.5 Å². The summed E-state index contributed by atoms with van der Waals surface area (Å²) in [6.07, 6.45) is -1.73. The molecule has 0 aliphatic carbocycles. The Labute approximate surface area is 242 Å². The zero-order valence-electron chi connectivity index (χ0n) is 23.1. The Morgan fingerprint density at radius 3 is 2.44 bits per heavy atom. The van der Waals surface area contributed by atoms with E-state index < -0.39 is 51.9 Å². The van der Waals surface area contributed by atoms with E-state index in [1.165, 1.54) is 16.7 Å². The Morgan fingerprint density at radius 1 is 1.05 bits per heavy atom. The monoisotopic (exact) mass is 581 g/mol. The molecule has 4 rings (SSSR count). The molecule has 3 N–H and O–H groups in total. The highest BCUT2D eigenvalue weighted by Gasteiger charge is 2.49. The van der Waals surface area contributed by atoms with Crippen LogP contribution in [0.25, 0.3) is 0 Å². The van der Waals surface area contributed by atoms with Gasteiger partial charge in [-0.3, -0.25) is 14.4 Å². The van der Waals surface area contributed by atoms with E-state index in [1.807, 2.05) is 45.0 Å². The lowest BCUT2D eigenvalue weighted by Gasteiger charge is -2.33. The fourth-order valence-electron chi connectivity index (χ4n) is 4.87. The number of nitrogens with zero attached hydrogens (tertiary/aromatic N) is 1. The summed E-state index contributed by atoms with van der Waals surface area (Å²) in [6, 6.07) is 16.9.